The van der Waals surface area contributed by atoms with Gasteiger partial charge in [-0.15, -0.1) is 0 Å². The highest BCUT2D eigenvalue weighted by Crippen LogP contribution is 2.39. The van der Waals surface area contributed by atoms with Crippen molar-refractivity contribution in [1.29, 1.82) is 0 Å². The zero-order valence-corrected chi connectivity index (χ0v) is 9.77. The number of rotatable bonds is 1. The van der Waals surface area contributed by atoms with E-state index in [4.69, 9.17) is 5.73 Å². The first-order valence-electron chi connectivity index (χ1n) is 5.84. The van der Waals surface area contributed by atoms with E-state index in [2.05, 4.69) is 30.2 Å². The van der Waals surface area contributed by atoms with Crippen molar-refractivity contribution in [2.75, 3.05) is 0 Å². The summed E-state index contributed by atoms with van der Waals surface area (Å²) >= 11 is 0. The van der Waals surface area contributed by atoms with Crippen molar-refractivity contribution < 1.29 is 0 Å². The Kier molecular flexibility index (Phi) is 2.04. The molecule has 0 spiro atoms. The second kappa shape index (κ2) is 3.32. The van der Waals surface area contributed by atoms with Gasteiger partial charge < -0.3 is 5.73 Å². The van der Waals surface area contributed by atoms with Gasteiger partial charge in [0.15, 0.2) is 0 Å². The number of benzene rings is 1. The molecule has 1 saturated carbocycles. The largest absolute Gasteiger partial charge is 0.328 e. The number of hydrogen-bond acceptors (Lipinski definition) is 2. The third-order valence-electron chi connectivity index (χ3n) is 3.70. The Bertz CT molecular complexity index is 535. The smallest absolute Gasteiger partial charge is 0.0684 e. The summed E-state index contributed by atoms with van der Waals surface area (Å²) in [7, 11) is 2.01. The van der Waals surface area contributed by atoms with Crippen LogP contribution in [-0.4, -0.2) is 15.8 Å². The molecule has 0 saturated heterocycles. The molecule has 2 N–H and O–H groups in total. The number of nitrogens with zero attached hydrogens (tertiary/aromatic N) is 2. The number of hydrogen-bond donors (Lipinski definition) is 1. The van der Waals surface area contributed by atoms with E-state index in [9.17, 15) is 0 Å². The van der Waals surface area contributed by atoms with Gasteiger partial charge in [0, 0.05) is 18.5 Å². The quantitative estimate of drug-likeness (QED) is 0.791. The first kappa shape index (κ1) is 9.85. The first-order chi connectivity index (χ1) is 7.66. The average Bonchev–Trinajstić information content (AvgIpc) is 2.51. The van der Waals surface area contributed by atoms with Crippen LogP contribution in [-0.2, 0) is 7.05 Å². The Morgan fingerprint density at radius 2 is 2.12 bits per heavy atom. The van der Waals surface area contributed by atoms with E-state index >= 15 is 0 Å². The molecule has 1 fully saturated rings. The summed E-state index contributed by atoms with van der Waals surface area (Å²) in [5, 5.41) is 5.83. The molecule has 0 amide bonds. The second-order valence-corrected chi connectivity index (χ2v) is 4.88. The van der Waals surface area contributed by atoms with Gasteiger partial charge in [-0.1, -0.05) is 12.1 Å². The summed E-state index contributed by atoms with van der Waals surface area (Å²) in [6, 6.07) is 6.89. The molecule has 1 aromatic carbocycles. The standard InChI is InChI=1S/C13H17N3/c1-8-13-11(9-6-10(14)7-9)4-3-5-12(13)16(2)15-8/h3-5,9-10H,6-7,14H2,1-2H3. The van der Waals surface area contributed by atoms with Gasteiger partial charge in [0.1, 0.15) is 0 Å². The van der Waals surface area contributed by atoms with Gasteiger partial charge in [-0.2, -0.15) is 5.10 Å². The molecule has 3 rings (SSSR count). The van der Waals surface area contributed by atoms with E-state index in [1.165, 1.54) is 16.5 Å². The lowest BCUT2D eigenvalue weighted by Gasteiger charge is -2.33. The number of aromatic nitrogens is 2. The van der Waals surface area contributed by atoms with Crippen LogP contribution in [0.4, 0.5) is 0 Å². The number of nitrogens with two attached hydrogens (primary N) is 1. The van der Waals surface area contributed by atoms with Crippen molar-refractivity contribution in [3.63, 3.8) is 0 Å². The predicted molar refractivity (Wildman–Crippen MR) is 65.4 cm³/mol. The summed E-state index contributed by atoms with van der Waals surface area (Å²) < 4.78 is 1.97. The molecular weight excluding hydrogens is 198 g/mol. The van der Waals surface area contributed by atoms with Crippen molar-refractivity contribution in [2.24, 2.45) is 12.8 Å². The molecule has 3 nitrogen and oxygen atoms in total. The second-order valence-electron chi connectivity index (χ2n) is 4.88. The SMILES string of the molecule is Cc1nn(C)c2cccc(C3CC(N)C3)c12. The third kappa shape index (κ3) is 1.28. The van der Waals surface area contributed by atoms with Gasteiger partial charge in [-0.25, -0.2) is 0 Å². The van der Waals surface area contributed by atoms with Gasteiger partial charge in [0.25, 0.3) is 0 Å². The highest BCUT2D eigenvalue weighted by molar-refractivity contribution is 5.86. The van der Waals surface area contributed by atoms with Crippen LogP contribution in [0.15, 0.2) is 18.2 Å². The maximum atomic E-state index is 5.87. The average molecular weight is 215 g/mol. The van der Waals surface area contributed by atoms with Gasteiger partial charge in [0.2, 0.25) is 0 Å². The number of fused-ring (bicyclic) bond motifs is 1. The highest BCUT2D eigenvalue weighted by Gasteiger charge is 2.29. The Labute approximate surface area is 95.2 Å². The molecule has 0 atom stereocenters. The van der Waals surface area contributed by atoms with Crippen LogP contribution < -0.4 is 5.73 Å². The summed E-state index contributed by atoms with van der Waals surface area (Å²) in [4.78, 5) is 0. The maximum Gasteiger partial charge on any atom is 0.0684 e. The summed E-state index contributed by atoms with van der Waals surface area (Å²) in [6.45, 7) is 2.09. The first-order valence-corrected chi connectivity index (χ1v) is 5.84. The monoisotopic (exact) mass is 215 g/mol. The fraction of sp³-hybridized carbons (Fsp3) is 0.462. The van der Waals surface area contributed by atoms with E-state index in [0.29, 0.717) is 12.0 Å². The fourth-order valence-corrected chi connectivity index (χ4v) is 2.81. The van der Waals surface area contributed by atoms with E-state index in [-0.39, 0.29) is 0 Å². The minimum Gasteiger partial charge on any atom is -0.328 e. The predicted octanol–water partition coefficient (Wildman–Crippen LogP) is 2.09. The van der Waals surface area contributed by atoms with Crippen molar-refractivity contribution in [3.8, 4) is 0 Å². The lowest BCUT2D eigenvalue weighted by molar-refractivity contribution is 0.353. The van der Waals surface area contributed by atoms with Crippen LogP contribution in [0.25, 0.3) is 10.9 Å². The van der Waals surface area contributed by atoms with Crippen LogP contribution in [0.3, 0.4) is 0 Å². The van der Waals surface area contributed by atoms with Crippen LogP contribution in [0, 0.1) is 6.92 Å². The van der Waals surface area contributed by atoms with E-state index in [1.807, 2.05) is 11.7 Å². The molecular formula is C13H17N3. The zero-order valence-electron chi connectivity index (χ0n) is 9.77. The number of aryl methyl sites for hydroxylation is 2. The minimum absolute atomic E-state index is 0.400. The molecule has 1 aliphatic carbocycles. The normalized spacial score (nSPS) is 24.7. The van der Waals surface area contributed by atoms with Crippen LogP contribution in [0.1, 0.15) is 30.0 Å². The molecule has 0 aliphatic heterocycles. The fourth-order valence-electron chi connectivity index (χ4n) is 2.81. The van der Waals surface area contributed by atoms with Crippen molar-refractivity contribution >= 4 is 10.9 Å². The molecule has 1 aliphatic rings. The molecule has 3 heteroatoms. The van der Waals surface area contributed by atoms with Crippen molar-refractivity contribution in [3.05, 3.63) is 29.5 Å². The summed E-state index contributed by atoms with van der Waals surface area (Å²) in [6.07, 6.45) is 2.24. The molecule has 0 bridgehead atoms. The Hall–Kier alpha value is -1.35. The molecule has 1 heterocycles. The molecule has 0 unspecified atom stereocenters. The Morgan fingerprint density at radius 3 is 2.81 bits per heavy atom. The van der Waals surface area contributed by atoms with Crippen molar-refractivity contribution in [2.45, 2.75) is 31.7 Å². The summed E-state index contributed by atoms with van der Waals surface area (Å²) in [5.74, 6) is 0.640. The lowest BCUT2D eigenvalue weighted by Crippen LogP contribution is -2.34. The molecule has 84 valence electrons. The maximum absolute atomic E-state index is 5.87. The van der Waals surface area contributed by atoms with Gasteiger partial charge in [0.05, 0.1) is 11.2 Å². The highest BCUT2D eigenvalue weighted by atomic mass is 15.3. The Morgan fingerprint density at radius 1 is 1.38 bits per heavy atom. The van der Waals surface area contributed by atoms with Crippen LogP contribution in [0.2, 0.25) is 0 Å². The molecule has 2 aromatic rings. The molecule has 1 aromatic heterocycles. The lowest BCUT2D eigenvalue weighted by atomic mass is 9.75. The van der Waals surface area contributed by atoms with Crippen LogP contribution >= 0.6 is 0 Å². The van der Waals surface area contributed by atoms with Gasteiger partial charge in [-0.05, 0) is 37.3 Å². The van der Waals surface area contributed by atoms with Crippen molar-refractivity contribution in [1.82, 2.24) is 9.78 Å². The van der Waals surface area contributed by atoms with Gasteiger partial charge >= 0.3 is 0 Å². The van der Waals surface area contributed by atoms with E-state index in [0.717, 1.165) is 18.5 Å². The molecule has 0 radical (unpaired) electrons. The van der Waals surface area contributed by atoms with Gasteiger partial charge in [-0.3, -0.25) is 4.68 Å². The van der Waals surface area contributed by atoms with E-state index in [1.54, 1.807) is 0 Å². The van der Waals surface area contributed by atoms with E-state index < -0.39 is 0 Å². The summed E-state index contributed by atoms with van der Waals surface area (Å²) in [5.41, 5.74) is 9.67. The van der Waals surface area contributed by atoms with Crippen LogP contribution in [0.5, 0.6) is 0 Å². The molecule has 16 heavy (non-hydrogen) atoms. The third-order valence-corrected chi connectivity index (χ3v) is 3.70. The Balaban J connectivity index is 2.17. The minimum atomic E-state index is 0.400. The topological polar surface area (TPSA) is 43.8 Å². The zero-order chi connectivity index (χ0) is 11.3.